The second-order valence-electron chi connectivity index (χ2n) is 7.28. The lowest BCUT2D eigenvalue weighted by Crippen LogP contribution is -2.31. The zero-order valence-corrected chi connectivity index (χ0v) is 14.3. The van der Waals surface area contributed by atoms with Gasteiger partial charge in [0.25, 0.3) is 0 Å². The fourth-order valence-electron chi connectivity index (χ4n) is 3.39. The van der Waals surface area contributed by atoms with Gasteiger partial charge in [-0.2, -0.15) is 0 Å². The average molecular weight is 303 g/mol. The topological polar surface area (TPSA) is 49.3 Å². The lowest BCUT2D eigenvalue weighted by atomic mass is 9.92. The van der Waals surface area contributed by atoms with Crippen LogP contribution in [-0.4, -0.2) is 16.6 Å². The van der Waals surface area contributed by atoms with E-state index >= 15 is 0 Å². The molecule has 22 heavy (non-hydrogen) atoms. The first kappa shape index (κ1) is 17.0. The first-order chi connectivity index (χ1) is 10.3. The minimum absolute atomic E-state index is 0.0700. The predicted molar refractivity (Wildman–Crippen MR) is 91.3 cm³/mol. The zero-order chi connectivity index (χ0) is 16.3. The minimum atomic E-state index is -0.797. The van der Waals surface area contributed by atoms with Gasteiger partial charge in [-0.1, -0.05) is 58.7 Å². The molecule has 0 aromatic heterocycles. The van der Waals surface area contributed by atoms with Crippen LogP contribution in [0.1, 0.15) is 82.8 Å². The molecule has 1 saturated carbocycles. The van der Waals surface area contributed by atoms with Crippen molar-refractivity contribution in [1.82, 2.24) is 0 Å². The molecule has 1 aromatic rings. The fourth-order valence-corrected chi connectivity index (χ4v) is 3.39. The molecule has 0 spiro atoms. The molecule has 1 aromatic carbocycles. The number of para-hydroxylation sites is 1. The maximum Gasteiger partial charge on any atom is 0.227 e. The smallest absolute Gasteiger partial charge is 0.227 e. The van der Waals surface area contributed by atoms with Gasteiger partial charge in [0.1, 0.15) is 0 Å². The number of amides is 1. The molecule has 0 heterocycles. The van der Waals surface area contributed by atoms with Crippen LogP contribution >= 0.6 is 0 Å². The normalized spacial score (nSPS) is 17.2. The van der Waals surface area contributed by atoms with Crippen molar-refractivity contribution in [3.63, 3.8) is 0 Å². The molecule has 0 radical (unpaired) electrons. The molecule has 1 fully saturated rings. The lowest BCUT2D eigenvalue weighted by Gasteiger charge is -2.24. The van der Waals surface area contributed by atoms with Crippen LogP contribution in [0.15, 0.2) is 18.2 Å². The number of aliphatic hydroxyl groups is 1. The van der Waals surface area contributed by atoms with Crippen molar-refractivity contribution in [2.75, 3.05) is 5.32 Å². The summed E-state index contributed by atoms with van der Waals surface area (Å²) in [5.41, 5.74) is 2.48. The second kappa shape index (κ2) is 6.82. The molecule has 0 atom stereocenters. The van der Waals surface area contributed by atoms with E-state index in [-0.39, 0.29) is 12.3 Å². The monoisotopic (exact) mass is 303 g/mol. The highest BCUT2D eigenvalue weighted by molar-refractivity contribution is 5.93. The van der Waals surface area contributed by atoms with Crippen molar-refractivity contribution in [2.45, 2.75) is 77.2 Å². The molecule has 2 N–H and O–H groups in total. The summed E-state index contributed by atoms with van der Waals surface area (Å²) in [6.45, 7) is 8.55. The average Bonchev–Trinajstić information content (AvgIpc) is 2.84. The summed E-state index contributed by atoms with van der Waals surface area (Å²) in [7, 11) is 0. The fraction of sp³-hybridized carbons (Fsp3) is 0.632. The van der Waals surface area contributed by atoms with Gasteiger partial charge in [-0.25, -0.2) is 0 Å². The minimum Gasteiger partial charge on any atom is -0.389 e. The van der Waals surface area contributed by atoms with E-state index in [9.17, 15) is 9.90 Å². The molecular weight excluding hydrogens is 274 g/mol. The van der Waals surface area contributed by atoms with Crippen molar-refractivity contribution in [1.29, 1.82) is 0 Å². The Morgan fingerprint density at radius 2 is 1.64 bits per heavy atom. The molecular formula is C19H29NO2. The number of carbonyl (C=O) groups is 1. The summed E-state index contributed by atoms with van der Waals surface area (Å²) in [6, 6.07) is 6.22. The summed E-state index contributed by atoms with van der Waals surface area (Å²) in [6.07, 6.45) is 3.72. The maximum atomic E-state index is 12.5. The number of carbonyl (C=O) groups excluding carboxylic acids is 1. The van der Waals surface area contributed by atoms with E-state index in [1.807, 2.05) is 0 Å². The molecule has 1 aliphatic rings. The Balaban J connectivity index is 2.21. The van der Waals surface area contributed by atoms with E-state index in [1.54, 1.807) is 0 Å². The van der Waals surface area contributed by atoms with E-state index < -0.39 is 5.60 Å². The molecule has 0 bridgehead atoms. The van der Waals surface area contributed by atoms with Crippen LogP contribution in [0.25, 0.3) is 0 Å². The molecule has 1 aliphatic carbocycles. The lowest BCUT2D eigenvalue weighted by molar-refractivity contribution is -0.120. The number of rotatable bonds is 5. The van der Waals surface area contributed by atoms with Crippen LogP contribution in [0, 0.1) is 0 Å². The molecule has 0 saturated heterocycles. The van der Waals surface area contributed by atoms with Gasteiger partial charge in [-0.05, 0) is 35.8 Å². The third-order valence-electron chi connectivity index (χ3n) is 4.66. The molecule has 0 unspecified atom stereocenters. The number of anilines is 1. The number of hydrogen-bond acceptors (Lipinski definition) is 2. The number of benzene rings is 1. The SMILES string of the molecule is CC(C)c1cccc(C(C)C)c1NC(=O)CC1(O)CCCC1. The van der Waals surface area contributed by atoms with E-state index in [4.69, 9.17) is 0 Å². The Bertz CT molecular complexity index is 502. The predicted octanol–water partition coefficient (Wildman–Crippen LogP) is 4.57. The Morgan fingerprint density at radius 3 is 2.09 bits per heavy atom. The Morgan fingerprint density at radius 1 is 1.14 bits per heavy atom. The van der Waals surface area contributed by atoms with Gasteiger partial charge in [0.2, 0.25) is 5.91 Å². The summed E-state index contributed by atoms with van der Waals surface area (Å²) in [4.78, 5) is 12.5. The summed E-state index contributed by atoms with van der Waals surface area (Å²) in [5, 5.41) is 13.5. The van der Waals surface area contributed by atoms with E-state index in [0.717, 1.165) is 42.5 Å². The van der Waals surface area contributed by atoms with Gasteiger partial charge in [0, 0.05) is 5.69 Å². The van der Waals surface area contributed by atoms with Crippen molar-refractivity contribution in [3.05, 3.63) is 29.3 Å². The van der Waals surface area contributed by atoms with Crippen molar-refractivity contribution in [3.8, 4) is 0 Å². The highest BCUT2D eigenvalue weighted by Crippen LogP contribution is 2.35. The number of nitrogens with one attached hydrogen (secondary N) is 1. The maximum absolute atomic E-state index is 12.5. The molecule has 1 amide bonds. The molecule has 0 aliphatic heterocycles. The Kier molecular flexibility index (Phi) is 5.28. The van der Waals surface area contributed by atoms with Gasteiger partial charge in [-0.3, -0.25) is 4.79 Å². The van der Waals surface area contributed by atoms with Gasteiger partial charge < -0.3 is 10.4 Å². The first-order valence-corrected chi connectivity index (χ1v) is 8.47. The third-order valence-corrected chi connectivity index (χ3v) is 4.66. The largest absolute Gasteiger partial charge is 0.389 e. The van der Waals surface area contributed by atoms with Crippen LogP contribution in [0.4, 0.5) is 5.69 Å². The molecule has 122 valence electrons. The van der Waals surface area contributed by atoms with Crippen LogP contribution in [-0.2, 0) is 4.79 Å². The Hall–Kier alpha value is -1.35. The summed E-state index contributed by atoms with van der Waals surface area (Å²) >= 11 is 0. The highest BCUT2D eigenvalue weighted by atomic mass is 16.3. The molecule has 3 heteroatoms. The highest BCUT2D eigenvalue weighted by Gasteiger charge is 2.33. The van der Waals surface area contributed by atoms with Gasteiger partial charge in [-0.15, -0.1) is 0 Å². The van der Waals surface area contributed by atoms with Gasteiger partial charge in [0.15, 0.2) is 0 Å². The number of hydrogen-bond donors (Lipinski definition) is 2. The van der Waals surface area contributed by atoms with Crippen molar-refractivity contribution < 1.29 is 9.90 Å². The van der Waals surface area contributed by atoms with Crippen molar-refractivity contribution >= 4 is 11.6 Å². The molecule has 3 nitrogen and oxygen atoms in total. The van der Waals surface area contributed by atoms with Crippen molar-refractivity contribution in [2.24, 2.45) is 0 Å². The van der Waals surface area contributed by atoms with Gasteiger partial charge in [0.05, 0.1) is 12.0 Å². The third kappa shape index (κ3) is 3.89. The second-order valence-corrected chi connectivity index (χ2v) is 7.28. The quantitative estimate of drug-likeness (QED) is 0.837. The van der Waals surface area contributed by atoms with Gasteiger partial charge >= 0.3 is 0 Å². The van der Waals surface area contributed by atoms with Crippen LogP contribution in [0.3, 0.4) is 0 Å². The first-order valence-electron chi connectivity index (χ1n) is 8.47. The molecule has 2 rings (SSSR count). The zero-order valence-electron chi connectivity index (χ0n) is 14.3. The summed E-state index contributed by atoms with van der Waals surface area (Å²) in [5.74, 6) is 0.631. The Labute approximate surface area is 134 Å². The van der Waals surface area contributed by atoms with Crippen LogP contribution in [0.2, 0.25) is 0 Å². The standard InChI is InChI=1S/C19H29NO2/c1-13(2)15-8-7-9-16(14(3)4)18(15)20-17(21)12-19(22)10-5-6-11-19/h7-9,13-14,22H,5-6,10-12H2,1-4H3,(H,20,21). The van der Waals surface area contributed by atoms with E-state index in [0.29, 0.717) is 11.8 Å². The van der Waals surface area contributed by atoms with Crippen LogP contribution in [0.5, 0.6) is 0 Å². The van der Waals surface area contributed by atoms with Crippen LogP contribution < -0.4 is 5.32 Å². The van der Waals surface area contributed by atoms with E-state index in [2.05, 4.69) is 51.2 Å². The summed E-state index contributed by atoms with van der Waals surface area (Å²) < 4.78 is 0. The van der Waals surface area contributed by atoms with E-state index in [1.165, 1.54) is 0 Å².